The second-order valence-electron chi connectivity index (χ2n) is 4.95. The van der Waals surface area contributed by atoms with Crippen molar-refractivity contribution in [1.29, 1.82) is 0 Å². The maximum Gasteiger partial charge on any atom is 0.238 e. The highest BCUT2D eigenvalue weighted by Gasteiger charge is 2.11. The molecule has 0 aliphatic heterocycles. The second-order valence-corrected chi connectivity index (χ2v) is 5.86. The molecular formula is C17H18BrFN2O. The summed E-state index contributed by atoms with van der Waals surface area (Å²) >= 11 is 3.41. The van der Waals surface area contributed by atoms with Gasteiger partial charge in [-0.2, -0.15) is 0 Å². The molecule has 2 aromatic rings. The third kappa shape index (κ3) is 4.93. The Balaban J connectivity index is 1.88. The normalized spacial score (nSPS) is 12.0. The second kappa shape index (κ2) is 8.06. The Kier molecular flexibility index (Phi) is 6.10. The lowest BCUT2D eigenvalue weighted by Crippen LogP contribution is -2.31. The molecule has 0 bridgehead atoms. The lowest BCUT2D eigenvalue weighted by molar-refractivity contribution is -0.115. The fraction of sp³-hybridized carbons (Fsp3) is 0.235. The molecular weight excluding hydrogens is 347 g/mol. The van der Waals surface area contributed by atoms with Crippen LogP contribution >= 0.6 is 15.9 Å². The lowest BCUT2D eigenvalue weighted by atomic mass is 10.0. The monoisotopic (exact) mass is 364 g/mol. The molecule has 22 heavy (non-hydrogen) atoms. The largest absolute Gasteiger partial charge is 0.325 e. The number of amides is 1. The smallest absolute Gasteiger partial charge is 0.238 e. The van der Waals surface area contributed by atoms with E-state index < -0.39 is 0 Å². The quantitative estimate of drug-likeness (QED) is 0.803. The van der Waals surface area contributed by atoms with Crippen molar-refractivity contribution in [2.24, 2.45) is 0 Å². The van der Waals surface area contributed by atoms with Crippen molar-refractivity contribution in [1.82, 2.24) is 5.32 Å². The third-order valence-electron chi connectivity index (χ3n) is 3.32. The highest BCUT2D eigenvalue weighted by molar-refractivity contribution is 9.10. The first-order valence-corrected chi connectivity index (χ1v) is 7.92. The molecule has 0 saturated heterocycles. The Bertz CT molecular complexity index is 614. The number of benzene rings is 2. The van der Waals surface area contributed by atoms with Crippen LogP contribution in [0.4, 0.5) is 10.1 Å². The Morgan fingerprint density at radius 2 is 1.77 bits per heavy atom. The minimum Gasteiger partial charge on any atom is -0.325 e. The number of rotatable bonds is 6. The van der Waals surface area contributed by atoms with E-state index in [0.717, 1.165) is 16.5 Å². The van der Waals surface area contributed by atoms with Gasteiger partial charge in [0.25, 0.3) is 0 Å². The summed E-state index contributed by atoms with van der Waals surface area (Å²) in [5.74, 6) is -0.473. The standard InChI is InChI=1S/C17H18BrFN2O/c1-2-16(12-3-5-13(18)6-4-12)20-11-17(22)21-15-9-7-14(19)8-10-15/h3-10,16,20H,2,11H2,1H3,(H,21,22)/t16-/m1/s1. The summed E-state index contributed by atoms with van der Waals surface area (Å²) in [5.41, 5.74) is 1.73. The minimum atomic E-state index is -0.322. The summed E-state index contributed by atoms with van der Waals surface area (Å²) in [5, 5.41) is 5.97. The van der Waals surface area contributed by atoms with E-state index in [1.54, 1.807) is 12.1 Å². The number of hydrogen-bond donors (Lipinski definition) is 2. The molecule has 0 aliphatic carbocycles. The van der Waals surface area contributed by atoms with Crippen LogP contribution in [0.3, 0.4) is 0 Å². The van der Waals surface area contributed by atoms with Crippen molar-refractivity contribution >= 4 is 27.5 Å². The van der Waals surface area contributed by atoms with Crippen LogP contribution in [0.25, 0.3) is 0 Å². The molecule has 0 fully saturated rings. The summed E-state index contributed by atoms with van der Waals surface area (Å²) in [6.45, 7) is 2.27. The van der Waals surface area contributed by atoms with E-state index in [4.69, 9.17) is 0 Å². The van der Waals surface area contributed by atoms with Crippen LogP contribution in [0.15, 0.2) is 53.0 Å². The predicted molar refractivity (Wildman–Crippen MR) is 90.2 cm³/mol. The van der Waals surface area contributed by atoms with Gasteiger partial charge in [-0.05, 0) is 48.4 Å². The molecule has 5 heteroatoms. The lowest BCUT2D eigenvalue weighted by Gasteiger charge is -2.17. The summed E-state index contributed by atoms with van der Waals surface area (Å²) < 4.78 is 13.8. The van der Waals surface area contributed by atoms with Gasteiger partial charge in [0.2, 0.25) is 5.91 Å². The fourth-order valence-corrected chi connectivity index (χ4v) is 2.41. The Morgan fingerprint density at radius 3 is 2.36 bits per heavy atom. The highest BCUT2D eigenvalue weighted by atomic mass is 79.9. The van der Waals surface area contributed by atoms with Gasteiger partial charge in [-0.15, -0.1) is 0 Å². The molecule has 116 valence electrons. The number of hydrogen-bond acceptors (Lipinski definition) is 2. The Morgan fingerprint density at radius 1 is 1.14 bits per heavy atom. The van der Waals surface area contributed by atoms with Crippen molar-refractivity contribution in [3.05, 3.63) is 64.4 Å². The van der Waals surface area contributed by atoms with Gasteiger partial charge >= 0.3 is 0 Å². The number of carbonyl (C=O) groups excluding carboxylic acids is 1. The third-order valence-corrected chi connectivity index (χ3v) is 3.85. The SMILES string of the molecule is CC[C@@H](NCC(=O)Nc1ccc(F)cc1)c1ccc(Br)cc1. The van der Waals surface area contributed by atoms with Gasteiger partial charge in [0.1, 0.15) is 5.82 Å². The van der Waals surface area contributed by atoms with Crippen LogP contribution in [0.2, 0.25) is 0 Å². The number of halogens is 2. The van der Waals surface area contributed by atoms with E-state index >= 15 is 0 Å². The van der Waals surface area contributed by atoms with Gasteiger partial charge in [-0.25, -0.2) is 4.39 Å². The number of anilines is 1. The summed E-state index contributed by atoms with van der Waals surface area (Å²) in [7, 11) is 0. The molecule has 0 radical (unpaired) electrons. The first kappa shape index (κ1) is 16.6. The van der Waals surface area contributed by atoms with Crippen molar-refractivity contribution in [3.63, 3.8) is 0 Å². The molecule has 2 rings (SSSR count). The van der Waals surface area contributed by atoms with E-state index in [9.17, 15) is 9.18 Å². The summed E-state index contributed by atoms with van der Waals surface area (Å²) in [6, 6.07) is 13.9. The fourth-order valence-electron chi connectivity index (χ4n) is 2.15. The van der Waals surface area contributed by atoms with E-state index in [2.05, 4.69) is 33.5 Å². The van der Waals surface area contributed by atoms with E-state index in [-0.39, 0.29) is 24.3 Å². The van der Waals surface area contributed by atoms with Gasteiger partial charge in [-0.3, -0.25) is 4.79 Å². The van der Waals surface area contributed by atoms with E-state index in [0.29, 0.717) is 5.69 Å². The summed E-state index contributed by atoms with van der Waals surface area (Å²) in [6.07, 6.45) is 0.880. The molecule has 1 atom stereocenters. The van der Waals surface area contributed by atoms with Crippen molar-refractivity contribution < 1.29 is 9.18 Å². The van der Waals surface area contributed by atoms with Crippen molar-refractivity contribution in [2.75, 3.05) is 11.9 Å². The van der Waals surface area contributed by atoms with Crippen LogP contribution in [0, 0.1) is 5.82 Å². The van der Waals surface area contributed by atoms with E-state index in [1.165, 1.54) is 12.1 Å². The van der Waals surface area contributed by atoms with Crippen molar-refractivity contribution in [2.45, 2.75) is 19.4 Å². The van der Waals surface area contributed by atoms with Gasteiger partial charge < -0.3 is 10.6 Å². The highest BCUT2D eigenvalue weighted by Crippen LogP contribution is 2.19. The minimum absolute atomic E-state index is 0.118. The van der Waals surface area contributed by atoms with Gasteiger partial charge in [-0.1, -0.05) is 35.0 Å². The molecule has 2 aromatic carbocycles. The zero-order valence-electron chi connectivity index (χ0n) is 12.3. The number of carbonyl (C=O) groups is 1. The van der Waals surface area contributed by atoms with E-state index in [1.807, 2.05) is 24.3 Å². The van der Waals surface area contributed by atoms with Crippen LogP contribution < -0.4 is 10.6 Å². The molecule has 0 spiro atoms. The molecule has 3 nitrogen and oxygen atoms in total. The van der Waals surface area contributed by atoms with Gasteiger partial charge in [0, 0.05) is 16.2 Å². The molecule has 0 aromatic heterocycles. The average Bonchev–Trinajstić information content (AvgIpc) is 2.52. The number of nitrogens with one attached hydrogen (secondary N) is 2. The zero-order valence-corrected chi connectivity index (χ0v) is 13.9. The van der Waals surface area contributed by atoms with Gasteiger partial charge in [0.15, 0.2) is 0 Å². The van der Waals surface area contributed by atoms with Crippen LogP contribution in [0.5, 0.6) is 0 Å². The molecule has 1 amide bonds. The van der Waals surface area contributed by atoms with Crippen LogP contribution in [0.1, 0.15) is 24.9 Å². The summed E-state index contributed by atoms with van der Waals surface area (Å²) in [4.78, 5) is 11.9. The van der Waals surface area contributed by atoms with Crippen LogP contribution in [-0.2, 0) is 4.79 Å². The molecule has 0 saturated carbocycles. The maximum atomic E-state index is 12.8. The molecule has 0 unspecified atom stereocenters. The topological polar surface area (TPSA) is 41.1 Å². The average molecular weight is 365 g/mol. The van der Waals surface area contributed by atoms with Crippen LogP contribution in [-0.4, -0.2) is 12.5 Å². The zero-order chi connectivity index (χ0) is 15.9. The molecule has 0 aliphatic rings. The van der Waals surface area contributed by atoms with Crippen molar-refractivity contribution in [3.8, 4) is 0 Å². The Hall–Kier alpha value is -1.72. The molecule has 0 heterocycles. The predicted octanol–water partition coefficient (Wildman–Crippen LogP) is 4.27. The first-order valence-electron chi connectivity index (χ1n) is 7.12. The molecule has 2 N–H and O–H groups in total. The van der Waals surface area contributed by atoms with Gasteiger partial charge in [0.05, 0.1) is 6.54 Å². The first-order chi connectivity index (χ1) is 10.6. The Labute approximate surface area is 138 Å². The maximum absolute atomic E-state index is 12.8.